The minimum Gasteiger partial charge on any atom is -0.310 e. The predicted molar refractivity (Wildman–Crippen MR) is 294 cm³/mol. The summed E-state index contributed by atoms with van der Waals surface area (Å²) in [5.41, 5.74) is 13.8. The summed E-state index contributed by atoms with van der Waals surface area (Å²) in [7, 11) is 4.11. The number of nitrogens with zero attached hydrogens (tertiary/aromatic N) is 4. The van der Waals surface area contributed by atoms with E-state index in [0.717, 1.165) is 45.3 Å². The lowest BCUT2D eigenvalue weighted by atomic mass is 9.98. The van der Waals surface area contributed by atoms with Crippen molar-refractivity contribution < 1.29 is 9.13 Å². The van der Waals surface area contributed by atoms with Gasteiger partial charge >= 0.3 is 0 Å². The van der Waals surface area contributed by atoms with Crippen LogP contribution in [0.4, 0.5) is 34.1 Å². The van der Waals surface area contributed by atoms with Crippen molar-refractivity contribution in [2.24, 2.45) is 14.1 Å². The summed E-state index contributed by atoms with van der Waals surface area (Å²) in [5, 5.41) is 9.72. The van der Waals surface area contributed by atoms with Gasteiger partial charge in [-0.05, 0) is 149 Å². The number of hydrogen-bond donors (Lipinski definition) is 0. The van der Waals surface area contributed by atoms with Crippen molar-refractivity contribution in [1.82, 2.24) is 0 Å². The molecule has 4 nitrogen and oxygen atoms in total. The Morgan fingerprint density at radius 2 is 0.614 bits per heavy atom. The van der Waals surface area contributed by atoms with E-state index in [1.54, 1.807) is 0 Å². The second-order valence-corrected chi connectivity index (χ2v) is 18.2. The quantitative estimate of drug-likeness (QED) is 0.100. The van der Waals surface area contributed by atoms with E-state index in [0.29, 0.717) is 0 Å². The number of fused-ring (bicyclic) bond motifs is 4. The molecule has 0 aliphatic heterocycles. The van der Waals surface area contributed by atoms with E-state index >= 15 is 0 Å². The Bertz CT molecular complexity index is 3640. The Kier molecular flexibility index (Phi) is 11.0. The summed E-state index contributed by atoms with van der Waals surface area (Å²) in [6, 6.07) is 84.0. The summed E-state index contributed by atoms with van der Waals surface area (Å²) in [5.74, 6) is 0. The Morgan fingerprint density at radius 1 is 0.286 bits per heavy atom. The number of anilines is 6. The van der Waals surface area contributed by atoms with Gasteiger partial charge in [-0.1, -0.05) is 146 Å². The zero-order valence-electron chi connectivity index (χ0n) is 39.2. The monoisotopic (exact) mass is 898 g/mol. The van der Waals surface area contributed by atoms with E-state index in [2.05, 4.69) is 300 Å². The van der Waals surface area contributed by atoms with Gasteiger partial charge in [0.2, 0.25) is 0 Å². The molecule has 0 unspecified atom stereocenters. The Labute approximate surface area is 409 Å². The molecule has 0 saturated heterocycles. The van der Waals surface area contributed by atoms with Crippen molar-refractivity contribution in [3.63, 3.8) is 0 Å². The fourth-order valence-electron chi connectivity index (χ4n) is 9.87. The van der Waals surface area contributed by atoms with Crippen LogP contribution in [0.25, 0.3) is 77.5 Å². The Morgan fingerprint density at radius 3 is 1.01 bits per heavy atom. The number of rotatable bonds is 10. The Balaban J connectivity index is 0.855. The summed E-state index contributed by atoms with van der Waals surface area (Å²) < 4.78 is 4.14. The molecular weight excluding hydrogens is 849 g/mol. The van der Waals surface area contributed by atoms with Gasteiger partial charge in [0, 0.05) is 58.4 Å². The zero-order chi connectivity index (χ0) is 47.0. The maximum absolute atomic E-state index is 2.37. The molecule has 0 aliphatic carbocycles. The van der Waals surface area contributed by atoms with Crippen molar-refractivity contribution in [2.45, 2.75) is 0 Å². The van der Waals surface area contributed by atoms with Gasteiger partial charge in [0.05, 0.1) is 0 Å². The molecular formula is C66H50N4+2. The standard InChI is InChI=1S/C66H50N4/c1-67-39-35-51(36-40-67)63-15-7-13-55-45-61(31-33-65(55)63)69(59-29-23-49-9-3-5-11-53(49)43-59)57-25-19-47(20-26-57)17-18-48-21-27-58(28-22-48)70(60-30-24-50-10-4-6-12-54(50)44-60)62-32-34-66-56(46-62)14-8-16-64(66)52-37-41-68(2)42-38-52/h3-46H,1-2H3/q+2/b18-17+. The molecule has 10 aromatic carbocycles. The van der Waals surface area contributed by atoms with Crippen molar-refractivity contribution in [2.75, 3.05) is 9.80 Å². The summed E-state index contributed by atoms with van der Waals surface area (Å²) in [6.45, 7) is 0. The second kappa shape index (κ2) is 18.2. The fourth-order valence-corrected chi connectivity index (χ4v) is 9.87. The molecule has 332 valence electrons. The molecule has 0 saturated carbocycles. The van der Waals surface area contributed by atoms with Crippen LogP contribution < -0.4 is 18.9 Å². The third-order valence-electron chi connectivity index (χ3n) is 13.6. The molecule has 0 aliphatic rings. The second-order valence-electron chi connectivity index (χ2n) is 18.2. The van der Waals surface area contributed by atoms with Crippen LogP contribution in [0.2, 0.25) is 0 Å². The number of aromatic nitrogens is 2. The minimum atomic E-state index is 1.09. The van der Waals surface area contributed by atoms with Crippen LogP contribution in [-0.4, -0.2) is 0 Å². The average Bonchev–Trinajstić information content (AvgIpc) is 3.41. The number of hydrogen-bond acceptors (Lipinski definition) is 2. The van der Waals surface area contributed by atoms with Gasteiger partial charge in [-0.3, -0.25) is 0 Å². The van der Waals surface area contributed by atoms with Crippen LogP contribution in [0, 0.1) is 0 Å². The lowest BCUT2D eigenvalue weighted by Gasteiger charge is -2.26. The van der Waals surface area contributed by atoms with Gasteiger partial charge in [-0.15, -0.1) is 0 Å². The molecule has 0 atom stereocenters. The van der Waals surface area contributed by atoms with Crippen LogP contribution in [0.15, 0.2) is 255 Å². The Hall–Kier alpha value is -9.12. The molecule has 12 rings (SSSR count). The van der Waals surface area contributed by atoms with Crippen molar-refractivity contribution in [1.29, 1.82) is 0 Å². The van der Waals surface area contributed by atoms with Crippen LogP contribution in [0.5, 0.6) is 0 Å². The van der Waals surface area contributed by atoms with Gasteiger partial charge < -0.3 is 9.80 Å². The molecule has 0 bridgehead atoms. The highest BCUT2D eigenvalue weighted by atomic mass is 15.1. The third-order valence-corrected chi connectivity index (χ3v) is 13.6. The van der Waals surface area contributed by atoms with E-state index in [9.17, 15) is 0 Å². The van der Waals surface area contributed by atoms with Gasteiger partial charge in [0.1, 0.15) is 14.1 Å². The lowest BCUT2D eigenvalue weighted by Crippen LogP contribution is -2.25. The van der Waals surface area contributed by atoms with Gasteiger partial charge in [-0.25, -0.2) is 9.13 Å². The number of benzene rings is 10. The maximum atomic E-state index is 2.37. The van der Waals surface area contributed by atoms with E-state index in [1.807, 2.05) is 0 Å². The topological polar surface area (TPSA) is 14.2 Å². The summed E-state index contributed by atoms with van der Waals surface area (Å²) in [4.78, 5) is 4.73. The van der Waals surface area contributed by atoms with Crippen LogP contribution >= 0.6 is 0 Å². The first-order valence-electron chi connectivity index (χ1n) is 23.9. The molecule has 0 fully saturated rings. The predicted octanol–water partition coefficient (Wildman–Crippen LogP) is 16.4. The molecule has 0 radical (unpaired) electrons. The zero-order valence-corrected chi connectivity index (χ0v) is 39.2. The first kappa shape index (κ1) is 42.2. The summed E-state index contributed by atoms with van der Waals surface area (Å²) in [6.07, 6.45) is 12.8. The lowest BCUT2D eigenvalue weighted by molar-refractivity contribution is -0.671. The third kappa shape index (κ3) is 8.33. The molecule has 12 aromatic rings. The van der Waals surface area contributed by atoms with E-state index in [1.165, 1.54) is 65.3 Å². The van der Waals surface area contributed by atoms with Gasteiger partial charge in [-0.2, -0.15) is 0 Å². The minimum absolute atomic E-state index is 1.09. The molecule has 70 heavy (non-hydrogen) atoms. The first-order chi connectivity index (χ1) is 34.5. The van der Waals surface area contributed by atoms with Crippen LogP contribution in [-0.2, 0) is 14.1 Å². The van der Waals surface area contributed by atoms with E-state index in [4.69, 9.17) is 0 Å². The largest absolute Gasteiger partial charge is 0.310 e. The summed E-state index contributed by atoms with van der Waals surface area (Å²) >= 11 is 0. The van der Waals surface area contributed by atoms with E-state index < -0.39 is 0 Å². The highest BCUT2D eigenvalue weighted by Crippen LogP contribution is 2.41. The fraction of sp³-hybridized carbons (Fsp3) is 0.0303. The smallest absolute Gasteiger partial charge is 0.169 e. The maximum Gasteiger partial charge on any atom is 0.169 e. The van der Waals surface area contributed by atoms with Crippen LogP contribution in [0.3, 0.4) is 0 Å². The first-order valence-corrected chi connectivity index (χ1v) is 23.9. The molecule has 2 heterocycles. The van der Waals surface area contributed by atoms with E-state index in [-0.39, 0.29) is 0 Å². The molecule has 0 amide bonds. The molecule has 4 heteroatoms. The highest BCUT2D eigenvalue weighted by molar-refractivity contribution is 6.01. The molecule has 0 N–H and O–H groups in total. The van der Waals surface area contributed by atoms with Gasteiger partial charge in [0.15, 0.2) is 24.8 Å². The highest BCUT2D eigenvalue weighted by Gasteiger charge is 2.17. The van der Waals surface area contributed by atoms with Crippen LogP contribution in [0.1, 0.15) is 11.1 Å². The molecule has 2 aromatic heterocycles. The van der Waals surface area contributed by atoms with Crippen molar-refractivity contribution in [3.05, 3.63) is 266 Å². The number of pyridine rings is 2. The number of aryl methyl sites for hydroxylation is 2. The van der Waals surface area contributed by atoms with Crippen molar-refractivity contribution in [3.8, 4) is 22.3 Å². The van der Waals surface area contributed by atoms with Gasteiger partial charge in [0.25, 0.3) is 0 Å². The molecule has 0 spiro atoms. The SMILES string of the molecule is C[n+]1ccc(-c2cccc3cc(N(c4ccc(/C=C/c5ccc(N(c6ccc7ccccc7c6)c6ccc7c(-c8cc[n+](C)cc8)cccc7c6)cc5)cc4)c4ccc5ccccc5c4)ccc23)cc1. The average molecular weight is 899 g/mol. The van der Waals surface area contributed by atoms with Crippen molar-refractivity contribution >= 4 is 89.4 Å². The normalized spacial score (nSPS) is 11.5.